The molecule has 0 unspecified atom stereocenters. The molecule has 0 N–H and O–H groups in total. The Labute approximate surface area is 82.0 Å². The molecule has 1 aromatic rings. The van der Waals surface area contributed by atoms with Gasteiger partial charge in [0.15, 0.2) is 12.1 Å². The van der Waals surface area contributed by atoms with E-state index < -0.39 is 0 Å². The van der Waals surface area contributed by atoms with Crippen LogP contribution in [0, 0.1) is 18.3 Å². The van der Waals surface area contributed by atoms with Gasteiger partial charge >= 0.3 is 0 Å². The molecule has 0 fully saturated rings. The molecule has 70 valence electrons. The molecule has 0 bridgehead atoms. The van der Waals surface area contributed by atoms with Crippen molar-refractivity contribution in [1.82, 2.24) is 0 Å². The Balaban J connectivity index is 3.52. The molecule has 0 saturated heterocycles. The fourth-order valence-electron chi connectivity index (χ4n) is 1.36. The molecular formula is C11H9NO2. The van der Waals surface area contributed by atoms with Crippen molar-refractivity contribution in [2.75, 3.05) is 0 Å². The average Bonchev–Trinajstić information content (AvgIpc) is 2.16. The monoisotopic (exact) mass is 187 g/mol. The molecule has 0 aliphatic heterocycles. The largest absolute Gasteiger partial charge is 0.298 e. The molecule has 0 aromatic heterocycles. The lowest BCUT2D eigenvalue weighted by atomic mass is 9.96. The number of hydrogen-bond donors (Lipinski definition) is 0. The van der Waals surface area contributed by atoms with Crippen molar-refractivity contribution >= 4 is 12.1 Å². The normalized spacial score (nSPS) is 9.21. The molecule has 3 heteroatoms. The van der Waals surface area contributed by atoms with E-state index in [4.69, 9.17) is 5.26 Å². The molecular weight excluding hydrogens is 178 g/mol. The van der Waals surface area contributed by atoms with Crippen LogP contribution in [0.15, 0.2) is 12.1 Å². The quantitative estimate of drug-likeness (QED) is 0.524. The fraction of sp³-hybridized carbons (Fsp3) is 0.182. The van der Waals surface area contributed by atoms with E-state index in [0.717, 1.165) is 0 Å². The van der Waals surface area contributed by atoms with Gasteiger partial charge in [-0.15, -0.1) is 0 Å². The first-order valence-electron chi connectivity index (χ1n) is 4.11. The first-order chi connectivity index (χ1) is 6.61. The summed E-state index contributed by atoms with van der Waals surface area (Å²) in [6, 6.07) is 4.98. The third-order valence-electron chi connectivity index (χ3n) is 2.13. The van der Waals surface area contributed by atoms with Crippen molar-refractivity contribution in [3.05, 3.63) is 34.4 Å². The van der Waals surface area contributed by atoms with Gasteiger partial charge in [-0.25, -0.2) is 0 Å². The SMILES string of the molecule is CC(=O)c1ccc(C#N)c(C=O)c1C. The van der Waals surface area contributed by atoms with Gasteiger partial charge in [0.25, 0.3) is 0 Å². The Hall–Kier alpha value is -1.95. The zero-order valence-corrected chi connectivity index (χ0v) is 8.00. The Morgan fingerprint density at radius 3 is 2.57 bits per heavy atom. The number of ketones is 1. The molecule has 0 spiro atoms. The van der Waals surface area contributed by atoms with Gasteiger partial charge < -0.3 is 0 Å². The van der Waals surface area contributed by atoms with Gasteiger partial charge in [-0.2, -0.15) is 5.26 Å². The third-order valence-corrected chi connectivity index (χ3v) is 2.13. The number of aldehydes is 1. The average molecular weight is 187 g/mol. The molecule has 0 aliphatic carbocycles. The lowest BCUT2D eigenvalue weighted by molar-refractivity contribution is 0.101. The van der Waals surface area contributed by atoms with Crippen LogP contribution in [0.2, 0.25) is 0 Å². The summed E-state index contributed by atoms with van der Waals surface area (Å²) in [6.45, 7) is 3.10. The predicted octanol–water partition coefficient (Wildman–Crippen LogP) is 1.88. The van der Waals surface area contributed by atoms with E-state index in [1.54, 1.807) is 13.0 Å². The van der Waals surface area contributed by atoms with E-state index in [1.807, 2.05) is 6.07 Å². The lowest BCUT2D eigenvalue weighted by Gasteiger charge is -2.05. The number of benzene rings is 1. The van der Waals surface area contributed by atoms with Gasteiger partial charge in [-0.05, 0) is 31.5 Å². The zero-order chi connectivity index (χ0) is 10.7. The van der Waals surface area contributed by atoms with E-state index in [2.05, 4.69) is 0 Å². The highest BCUT2D eigenvalue weighted by Crippen LogP contribution is 2.16. The summed E-state index contributed by atoms with van der Waals surface area (Å²) in [7, 11) is 0. The van der Waals surface area contributed by atoms with Gasteiger partial charge in [-0.1, -0.05) is 0 Å². The first kappa shape index (κ1) is 10.1. The van der Waals surface area contributed by atoms with Crippen LogP contribution in [-0.2, 0) is 0 Å². The molecule has 1 aromatic carbocycles. The summed E-state index contributed by atoms with van der Waals surface area (Å²) < 4.78 is 0. The number of nitriles is 1. The second-order valence-corrected chi connectivity index (χ2v) is 2.99. The predicted molar refractivity (Wildman–Crippen MR) is 51.3 cm³/mol. The van der Waals surface area contributed by atoms with Crippen molar-refractivity contribution in [3.63, 3.8) is 0 Å². The number of carbonyl (C=O) groups is 2. The maximum Gasteiger partial charge on any atom is 0.160 e. The molecule has 14 heavy (non-hydrogen) atoms. The van der Waals surface area contributed by atoms with Gasteiger partial charge in [0.05, 0.1) is 11.6 Å². The van der Waals surface area contributed by atoms with Gasteiger partial charge in [0.1, 0.15) is 0 Å². The summed E-state index contributed by atoms with van der Waals surface area (Å²) in [4.78, 5) is 21.9. The maximum absolute atomic E-state index is 11.1. The van der Waals surface area contributed by atoms with Crippen LogP contribution < -0.4 is 0 Å². The van der Waals surface area contributed by atoms with Gasteiger partial charge in [-0.3, -0.25) is 9.59 Å². The number of carbonyl (C=O) groups excluding carboxylic acids is 2. The number of hydrogen-bond acceptors (Lipinski definition) is 3. The highest BCUT2D eigenvalue weighted by Gasteiger charge is 2.11. The van der Waals surface area contributed by atoms with Gasteiger partial charge in [0.2, 0.25) is 0 Å². The minimum Gasteiger partial charge on any atom is -0.298 e. The molecule has 0 radical (unpaired) electrons. The first-order valence-corrected chi connectivity index (χ1v) is 4.11. The molecule has 0 aliphatic rings. The molecule has 3 nitrogen and oxygen atoms in total. The number of Topliss-reactive ketones (excluding diaryl/α,β-unsaturated/α-hetero) is 1. The van der Waals surface area contributed by atoms with Crippen LogP contribution >= 0.6 is 0 Å². The second kappa shape index (κ2) is 3.84. The summed E-state index contributed by atoms with van der Waals surface area (Å²) in [5.74, 6) is -0.102. The van der Waals surface area contributed by atoms with Crippen LogP contribution in [0.25, 0.3) is 0 Å². The lowest BCUT2D eigenvalue weighted by Crippen LogP contribution is -2.01. The number of nitrogens with zero attached hydrogens (tertiary/aromatic N) is 1. The summed E-state index contributed by atoms with van der Waals surface area (Å²) >= 11 is 0. The minimum atomic E-state index is -0.102. The molecule has 0 saturated carbocycles. The summed E-state index contributed by atoms with van der Waals surface area (Å²) in [6.07, 6.45) is 0.611. The van der Waals surface area contributed by atoms with Crippen molar-refractivity contribution in [2.45, 2.75) is 13.8 Å². The van der Waals surface area contributed by atoms with Crippen LogP contribution in [0.4, 0.5) is 0 Å². The van der Waals surface area contributed by atoms with Crippen LogP contribution in [-0.4, -0.2) is 12.1 Å². The smallest absolute Gasteiger partial charge is 0.160 e. The Kier molecular flexibility index (Phi) is 2.78. The Morgan fingerprint density at radius 1 is 1.50 bits per heavy atom. The highest BCUT2D eigenvalue weighted by molar-refractivity contribution is 5.98. The fourth-order valence-corrected chi connectivity index (χ4v) is 1.36. The van der Waals surface area contributed by atoms with Crippen LogP contribution in [0.1, 0.15) is 38.8 Å². The van der Waals surface area contributed by atoms with E-state index in [0.29, 0.717) is 28.5 Å². The Morgan fingerprint density at radius 2 is 2.14 bits per heavy atom. The zero-order valence-electron chi connectivity index (χ0n) is 8.00. The third kappa shape index (κ3) is 1.55. The maximum atomic E-state index is 11.1. The molecule has 0 amide bonds. The standard InChI is InChI=1S/C11H9NO2/c1-7-10(8(2)14)4-3-9(5-12)11(7)6-13/h3-4,6H,1-2H3. The van der Waals surface area contributed by atoms with E-state index in [-0.39, 0.29) is 5.78 Å². The van der Waals surface area contributed by atoms with E-state index >= 15 is 0 Å². The van der Waals surface area contributed by atoms with Gasteiger partial charge in [0, 0.05) is 11.1 Å². The number of rotatable bonds is 2. The van der Waals surface area contributed by atoms with Crippen molar-refractivity contribution in [1.29, 1.82) is 5.26 Å². The van der Waals surface area contributed by atoms with E-state index in [1.165, 1.54) is 13.0 Å². The van der Waals surface area contributed by atoms with E-state index in [9.17, 15) is 9.59 Å². The molecule has 1 rings (SSSR count). The second-order valence-electron chi connectivity index (χ2n) is 2.99. The molecule has 0 atom stereocenters. The highest BCUT2D eigenvalue weighted by atomic mass is 16.1. The van der Waals surface area contributed by atoms with Crippen molar-refractivity contribution in [2.24, 2.45) is 0 Å². The molecule has 0 heterocycles. The topological polar surface area (TPSA) is 57.9 Å². The van der Waals surface area contributed by atoms with Crippen molar-refractivity contribution < 1.29 is 9.59 Å². The summed E-state index contributed by atoms with van der Waals surface area (Å²) in [5.41, 5.74) is 1.68. The summed E-state index contributed by atoms with van der Waals surface area (Å²) in [5, 5.41) is 8.71. The Bertz CT molecular complexity index is 441. The van der Waals surface area contributed by atoms with Crippen LogP contribution in [0.5, 0.6) is 0 Å². The van der Waals surface area contributed by atoms with Crippen LogP contribution in [0.3, 0.4) is 0 Å². The van der Waals surface area contributed by atoms with Crippen molar-refractivity contribution in [3.8, 4) is 6.07 Å². The minimum absolute atomic E-state index is 0.102.